The van der Waals surface area contributed by atoms with Crippen molar-refractivity contribution in [1.82, 2.24) is 9.78 Å². The summed E-state index contributed by atoms with van der Waals surface area (Å²) in [6.45, 7) is 7.58. The first-order valence-electron chi connectivity index (χ1n) is 9.58. The third kappa shape index (κ3) is 4.81. The average Bonchev–Trinajstić information content (AvgIpc) is 3.21. The quantitative estimate of drug-likeness (QED) is 0.493. The number of hydrogen-bond acceptors (Lipinski definition) is 4. The van der Waals surface area contributed by atoms with Crippen LogP contribution in [0.4, 0.5) is 11.5 Å². The molecule has 162 valence electrons. The molecule has 0 saturated heterocycles. The van der Waals surface area contributed by atoms with Gasteiger partial charge in [0.1, 0.15) is 10.7 Å². The number of sulfonamides is 1. The molecule has 1 heterocycles. The molecule has 0 bridgehead atoms. The van der Waals surface area contributed by atoms with E-state index in [2.05, 4.69) is 17.0 Å². The first kappa shape index (κ1) is 22.6. The van der Waals surface area contributed by atoms with E-state index in [0.717, 1.165) is 0 Å². The second kappa shape index (κ2) is 9.36. The standard InChI is InChI=1S/C22H23ClN4O3S/c1-4-14-26(18-8-6-5-7-9-18)31(29,30)20-15-17(10-11-19(20)23)22(28)25-21-12-13-24-27(21)16(2)3/h4-13,15-16H,1,14H2,2-3H3,(H,25,28). The van der Waals surface area contributed by atoms with E-state index in [9.17, 15) is 13.2 Å². The van der Waals surface area contributed by atoms with Gasteiger partial charge in [0, 0.05) is 17.7 Å². The molecule has 7 nitrogen and oxygen atoms in total. The van der Waals surface area contributed by atoms with Crippen LogP contribution in [0, 0.1) is 0 Å². The molecule has 0 aliphatic carbocycles. The Balaban J connectivity index is 1.98. The molecule has 2 aromatic carbocycles. The molecule has 0 unspecified atom stereocenters. The zero-order valence-electron chi connectivity index (χ0n) is 17.2. The number of benzene rings is 2. The van der Waals surface area contributed by atoms with Crippen molar-refractivity contribution in [2.75, 3.05) is 16.2 Å². The SMILES string of the molecule is C=CCN(c1ccccc1)S(=O)(=O)c1cc(C(=O)Nc2ccnn2C(C)C)ccc1Cl. The molecule has 0 aliphatic rings. The Hall–Kier alpha value is -3.10. The van der Waals surface area contributed by atoms with Gasteiger partial charge in [-0.2, -0.15) is 5.10 Å². The van der Waals surface area contributed by atoms with Gasteiger partial charge in [0.15, 0.2) is 0 Å². The van der Waals surface area contributed by atoms with E-state index < -0.39 is 15.9 Å². The van der Waals surface area contributed by atoms with E-state index in [4.69, 9.17) is 11.6 Å². The van der Waals surface area contributed by atoms with Gasteiger partial charge in [0.05, 0.1) is 23.5 Å². The highest BCUT2D eigenvalue weighted by Crippen LogP contribution is 2.29. The van der Waals surface area contributed by atoms with Crippen molar-refractivity contribution in [3.8, 4) is 0 Å². The molecule has 31 heavy (non-hydrogen) atoms. The molecule has 3 aromatic rings. The first-order valence-corrected chi connectivity index (χ1v) is 11.4. The number of para-hydroxylation sites is 1. The van der Waals surface area contributed by atoms with Gasteiger partial charge in [-0.25, -0.2) is 13.1 Å². The highest BCUT2D eigenvalue weighted by molar-refractivity contribution is 7.93. The molecule has 0 saturated carbocycles. The van der Waals surface area contributed by atoms with Gasteiger partial charge in [-0.1, -0.05) is 35.9 Å². The van der Waals surface area contributed by atoms with Gasteiger partial charge >= 0.3 is 0 Å². The molecule has 1 aromatic heterocycles. The smallest absolute Gasteiger partial charge is 0.266 e. The van der Waals surface area contributed by atoms with Gasteiger partial charge in [0.25, 0.3) is 15.9 Å². The normalized spacial score (nSPS) is 11.4. The minimum Gasteiger partial charge on any atom is -0.307 e. The van der Waals surface area contributed by atoms with Gasteiger partial charge < -0.3 is 5.32 Å². The number of nitrogens with zero attached hydrogens (tertiary/aromatic N) is 3. The Labute approximate surface area is 187 Å². The summed E-state index contributed by atoms with van der Waals surface area (Å²) < 4.78 is 29.7. The fraction of sp³-hybridized carbons (Fsp3) is 0.182. The van der Waals surface area contributed by atoms with Crippen molar-refractivity contribution < 1.29 is 13.2 Å². The first-order chi connectivity index (χ1) is 14.8. The van der Waals surface area contributed by atoms with Crippen molar-refractivity contribution in [2.45, 2.75) is 24.8 Å². The fourth-order valence-corrected chi connectivity index (χ4v) is 4.97. The number of hydrogen-bond donors (Lipinski definition) is 1. The van der Waals surface area contributed by atoms with Crippen LogP contribution in [0.15, 0.2) is 78.3 Å². The highest BCUT2D eigenvalue weighted by atomic mass is 35.5. The van der Waals surface area contributed by atoms with Crippen LogP contribution >= 0.6 is 11.6 Å². The summed E-state index contributed by atoms with van der Waals surface area (Å²) in [5.74, 6) is 0.0439. The number of carbonyl (C=O) groups is 1. The second-order valence-corrected chi connectivity index (χ2v) is 9.25. The Morgan fingerprint density at radius 2 is 1.94 bits per heavy atom. The van der Waals surface area contributed by atoms with Crippen LogP contribution in [-0.2, 0) is 10.0 Å². The highest BCUT2D eigenvalue weighted by Gasteiger charge is 2.27. The monoisotopic (exact) mass is 458 g/mol. The van der Waals surface area contributed by atoms with Crippen molar-refractivity contribution in [3.05, 3.63) is 84.0 Å². The van der Waals surface area contributed by atoms with Crippen LogP contribution in [0.5, 0.6) is 0 Å². The summed E-state index contributed by atoms with van der Waals surface area (Å²) in [7, 11) is -4.05. The van der Waals surface area contributed by atoms with Gasteiger partial charge in [0.2, 0.25) is 0 Å². The van der Waals surface area contributed by atoms with E-state index in [1.165, 1.54) is 28.6 Å². The lowest BCUT2D eigenvalue weighted by atomic mass is 10.2. The summed E-state index contributed by atoms with van der Waals surface area (Å²) in [5, 5.41) is 6.97. The van der Waals surface area contributed by atoms with Crippen LogP contribution < -0.4 is 9.62 Å². The van der Waals surface area contributed by atoms with Crippen molar-refractivity contribution in [3.63, 3.8) is 0 Å². The van der Waals surface area contributed by atoms with Crippen LogP contribution in [0.1, 0.15) is 30.2 Å². The largest absolute Gasteiger partial charge is 0.307 e. The van der Waals surface area contributed by atoms with Crippen LogP contribution in [0.25, 0.3) is 0 Å². The topological polar surface area (TPSA) is 84.3 Å². The summed E-state index contributed by atoms with van der Waals surface area (Å²) in [5.41, 5.74) is 0.625. The fourth-order valence-electron chi connectivity index (χ4n) is 3.03. The maximum atomic E-state index is 13.4. The predicted octanol–water partition coefficient (Wildman–Crippen LogP) is 4.75. The lowest BCUT2D eigenvalue weighted by Gasteiger charge is -2.24. The predicted molar refractivity (Wildman–Crippen MR) is 123 cm³/mol. The number of halogens is 1. The summed E-state index contributed by atoms with van der Waals surface area (Å²) in [6, 6.07) is 14.5. The van der Waals surface area contributed by atoms with Crippen molar-refractivity contribution >= 4 is 39.0 Å². The zero-order chi connectivity index (χ0) is 22.6. The molecule has 0 radical (unpaired) electrons. The summed E-state index contributed by atoms with van der Waals surface area (Å²) in [4.78, 5) is 12.7. The molecule has 9 heteroatoms. The zero-order valence-corrected chi connectivity index (χ0v) is 18.8. The van der Waals surface area contributed by atoms with E-state index in [1.54, 1.807) is 47.3 Å². The van der Waals surface area contributed by atoms with E-state index >= 15 is 0 Å². The molecule has 3 rings (SSSR count). The van der Waals surface area contributed by atoms with E-state index in [0.29, 0.717) is 11.5 Å². The molecule has 1 N–H and O–H groups in total. The summed E-state index contributed by atoms with van der Waals surface area (Å²) in [6.07, 6.45) is 3.07. The van der Waals surface area contributed by atoms with E-state index in [-0.39, 0.29) is 28.1 Å². The van der Waals surface area contributed by atoms with E-state index in [1.807, 2.05) is 13.8 Å². The van der Waals surface area contributed by atoms with Gasteiger partial charge in [-0.3, -0.25) is 9.10 Å². The average molecular weight is 459 g/mol. The number of rotatable bonds is 8. The maximum Gasteiger partial charge on any atom is 0.266 e. The molecular weight excluding hydrogens is 436 g/mol. The molecular formula is C22H23ClN4O3S. The Kier molecular flexibility index (Phi) is 6.82. The van der Waals surface area contributed by atoms with Crippen molar-refractivity contribution in [2.24, 2.45) is 0 Å². The summed E-state index contributed by atoms with van der Waals surface area (Å²) >= 11 is 6.25. The second-order valence-electron chi connectivity index (χ2n) is 7.01. The van der Waals surface area contributed by atoms with Crippen LogP contribution in [0.3, 0.4) is 0 Å². The van der Waals surface area contributed by atoms with Crippen LogP contribution in [0.2, 0.25) is 5.02 Å². The Morgan fingerprint density at radius 1 is 1.23 bits per heavy atom. The number of carbonyl (C=O) groups excluding carboxylic acids is 1. The van der Waals surface area contributed by atoms with Crippen LogP contribution in [-0.4, -0.2) is 30.7 Å². The molecule has 1 amide bonds. The Morgan fingerprint density at radius 3 is 2.58 bits per heavy atom. The number of nitrogens with one attached hydrogen (secondary N) is 1. The minimum atomic E-state index is -4.05. The number of amides is 1. The molecule has 0 aliphatic heterocycles. The number of aromatic nitrogens is 2. The van der Waals surface area contributed by atoms with Gasteiger partial charge in [-0.15, -0.1) is 6.58 Å². The Bertz CT molecular complexity index is 1190. The lowest BCUT2D eigenvalue weighted by Crippen LogP contribution is -2.31. The molecule has 0 spiro atoms. The molecule has 0 atom stereocenters. The van der Waals surface area contributed by atoms with Crippen molar-refractivity contribution in [1.29, 1.82) is 0 Å². The lowest BCUT2D eigenvalue weighted by molar-refractivity contribution is 0.102. The third-order valence-electron chi connectivity index (χ3n) is 4.50. The molecule has 0 fully saturated rings. The number of anilines is 2. The van der Waals surface area contributed by atoms with Gasteiger partial charge in [-0.05, 0) is 44.2 Å². The third-order valence-corrected chi connectivity index (χ3v) is 6.78. The minimum absolute atomic E-state index is 0.0220. The maximum absolute atomic E-state index is 13.4.